The molecule has 3 fully saturated rings. The van der Waals surface area contributed by atoms with Crippen molar-refractivity contribution in [3.63, 3.8) is 0 Å². The number of piperazine rings is 1. The molecule has 0 aromatic carbocycles. The first kappa shape index (κ1) is 22.6. The number of hydrogen-bond donors (Lipinski definition) is 5. The van der Waals surface area contributed by atoms with Crippen molar-refractivity contribution < 1.29 is 13.9 Å². The van der Waals surface area contributed by atoms with Gasteiger partial charge in [0.2, 0.25) is 5.91 Å². The highest BCUT2D eigenvalue weighted by Gasteiger charge is 2.36. The number of carbonyl (C=O) groups excluding carboxylic acids is 1. The third kappa shape index (κ3) is 5.08. The number of ether oxygens (including phenoxy) is 1. The van der Waals surface area contributed by atoms with Crippen LogP contribution >= 0.6 is 11.6 Å². The molecule has 1 atom stereocenters. The maximum absolute atomic E-state index is 14.8. The van der Waals surface area contributed by atoms with Crippen molar-refractivity contribution in [2.75, 3.05) is 62.7 Å². The first-order valence-corrected chi connectivity index (χ1v) is 11.0. The number of aromatic nitrogens is 1. The highest BCUT2D eigenvalue weighted by Crippen LogP contribution is 2.30. The Hall–Kier alpha value is -1.60. The van der Waals surface area contributed by atoms with Crippen molar-refractivity contribution >= 4 is 28.9 Å². The minimum Gasteiger partial charge on any atom is -0.378 e. The maximum Gasteiger partial charge on any atom is 0.233 e. The summed E-state index contributed by atoms with van der Waals surface area (Å²) in [6.45, 7) is 5.44. The van der Waals surface area contributed by atoms with Crippen LogP contribution in [0.2, 0.25) is 0 Å². The van der Waals surface area contributed by atoms with E-state index in [1.165, 1.54) is 6.20 Å². The van der Waals surface area contributed by atoms with Crippen LogP contribution in [0.4, 0.5) is 15.8 Å². The molecule has 3 aliphatic heterocycles. The lowest BCUT2D eigenvalue weighted by Crippen LogP contribution is -2.64. The second kappa shape index (κ2) is 9.90. The van der Waals surface area contributed by atoms with Gasteiger partial charge in [-0.15, -0.1) is 11.6 Å². The van der Waals surface area contributed by atoms with E-state index in [4.69, 9.17) is 27.8 Å². The van der Waals surface area contributed by atoms with Crippen molar-refractivity contribution in [2.24, 2.45) is 17.4 Å². The van der Waals surface area contributed by atoms with Crippen molar-refractivity contribution in [3.8, 4) is 0 Å². The summed E-state index contributed by atoms with van der Waals surface area (Å²) in [7, 11) is 0. The Bertz CT molecular complexity index is 767. The van der Waals surface area contributed by atoms with Crippen LogP contribution in [0.1, 0.15) is 0 Å². The van der Waals surface area contributed by atoms with Crippen molar-refractivity contribution in [1.29, 1.82) is 0 Å². The van der Waals surface area contributed by atoms with Crippen LogP contribution in [0.5, 0.6) is 0 Å². The molecule has 31 heavy (non-hydrogen) atoms. The number of nitrogens with two attached hydrogens (primary N) is 2. The standard InChI is InChI=1S/C19H30ClFN8O2/c20-11-5-25-18(26-6-11)15(17(22)23)19(30)27-14-8-24-7-13(21)16(14)29-3-1-28(2-4-29)12-9-31-10-12/h7-8,11-12,15,17-18,25-26H,1-6,9-10,22-23H2,(H,27,30). The number of hydrogen-bond acceptors (Lipinski definition) is 9. The van der Waals surface area contributed by atoms with Gasteiger partial charge in [0.25, 0.3) is 0 Å². The Balaban J connectivity index is 1.46. The zero-order valence-electron chi connectivity index (χ0n) is 17.3. The molecule has 3 aliphatic rings. The van der Waals surface area contributed by atoms with E-state index in [-0.39, 0.29) is 5.38 Å². The number of carbonyl (C=O) groups is 1. The van der Waals surface area contributed by atoms with Gasteiger partial charge < -0.3 is 26.4 Å². The SMILES string of the molecule is NC(N)C(C(=O)Nc1cncc(F)c1N1CCN(C2COC2)CC1)C1NCC(Cl)CN1. The fraction of sp³-hybridized carbons (Fsp3) is 0.684. The zero-order valence-corrected chi connectivity index (χ0v) is 18.0. The summed E-state index contributed by atoms with van der Waals surface area (Å²) in [6.07, 6.45) is 1.26. The van der Waals surface area contributed by atoms with Crippen LogP contribution in [-0.2, 0) is 9.53 Å². The van der Waals surface area contributed by atoms with Crippen LogP contribution in [0.25, 0.3) is 0 Å². The van der Waals surface area contributed by atoms with Crippen LogP contribution in [0.3, 0.4) is 0 Å². The molecule has 1 unspecified atom stereocenters. The Morgan fingerprint density at radius 1 is 1.23 bits per heavy atom. The molecule has 7 N–H and O–H groups in total. The number of nitrogens with one attached hydrogen (secondary N) is 3. The summed E-state index contributed by atoms with van der Waals surface area (Å²) in [5.41, 5.74) is 12.5. The summed E-state index contributed by atoms with van der Waals surface area (Å²) in [4.78, 5) is 21.3. The third-order valence-corrected chi connectivity index (χ3v) is 6.40. The molecule has 0 bridgehead atoms. The van der Waals surface area contributed by atoms with Gasteiger partial charge in [0.05, 0.1) is 61.0 Å². The second-order valence-corrected chi connectivity index (χ2v) is 8.83. The number of pyridine rings is 1. The highest BCUT2D eigenvalue weighted by molar-refractivity contribution is 6.21. The quantitative estimate of drug-likeness (QED) is 0.260. The van der Waals surface area contributed by atoms with Gasteiger partial charge in [0, 0.05) is 39.3 Å². The van der Waals surface area contributed by atoms with Gasteiger partial charge >= 0.3 is 0 Å². The molecule has 4 rings (SSSR count). The van der Waals surface area contributed by atoms with Gasteiger partial charge in [0.15, 0.2) is 5.82 Å². The van der Waals surface area contributed by atoms with Crippen LogP contribution < -0.4 is 32.3 Å². The molecule has 1 aromatic rings. The lowest BCUT2D eigenvalue weighted by molar-refractivity contribution is -0.121. The number of halogens is 2. The zero-order chi connectivity index (χ0) is 22.0. The Kier molecular flexibility index (Phi) is 7.22. The van der Waals surface area contributed by atoms with Gasteiger partial charge in [0.1, 0.15) is 5.69 Å². The number of amides is 1. The largest absolute Gasteiger partial charge is 0.378 e. The maximum atomic E-state index is 14.8. The highest BCUT2D eigenvalue weighted by atomic mass is 35.5. The second-order valence-electron chi connectivity index (χ2n) is 8.22. The monoisotopic (exact) mass is 456 g/mol. The summed E-state index contributed by atoms with van der Waals surface area (Å²) >= 11 is 6.09. The first-order valence-electron chi connectivity index (χ1n) is 10.6. The van der Waals surface area contributed by atoms with Gasteiger partial charge in [-0.05, 0) is 0 Å². The van der Waals surface area contributed by atoms with Gasteiger partial charge in [-0.2, -0.15) is 0 Å². The van der Waals surface area contributed by atoms with Crippen LogP contribution in [-0.4, -0.2) is 92.0 Å². The fourth-order valence-electron chi connectivity index (χ4n) is 4.26. The van der Waals surface area contributed by atoms with Gasteiger partial charge in [-0.3, -0.25) is 25.3 Å². The molecule has 1 aromatic heterocycles. The van der Waals surface area contributed by atoms with E-state index in [2.05, 4.69) is 25.8 Å². The Labute approximate surface area is 185 Å². The molecule has 172 valence electrons. The number of rotatable bonds is 6. The normalized spacial score (nSPS) is 26.5. The summed E-state index contributed by atoms with van der Waals surface area (Å²) in [6, 6.07) is 0.443. The van der Waals surface area contributed by atoms with Gasteiger partial charge in [-0.1, -0.05) is 0 Å². The number of alkyl halides is 1. The van der Waals surface area contributed by atoms with E-state index < -0.39 is 30.0 Å². The molecule has 0 spiro atoms. The minimum absolute atomic E-state index is 0.0850. The summed E-state index contributed by atoms with van der Waals surface area (Å²) in [5.74, 6) is -1.67. The molecular weight excluding hydrogens is 427 g/mol. The Morgan fingerprint density at radius 2 is 1.90 bits per heavy atom. The van der Waals surface area contributed by atoms with E-state index in [9.17, 15) is 9.18 Å². The van der Waals surface area contributed by atoms with E-state index in [1.54, 1.807) is 0 Å². The number of nitrogens with zero attached hydrogens (tertiary/aromatic N) is 3. The minimum atomic E-state index is -0.921. The Morgan fingerprint density at radius 3 is 2.48 bits per heavy atom. The molecular formula is C19H30ClFN8O2. The van der Waals surface area contributed by atoms with Crippen molar-refractivity contribution in [2.45, 2.75) is 23.8 Å². The topological polar surface area (TPSA) is 134 Å². The average Bonchev–Trinajstić information content (AvgIpc) is 2.69. The number of anilines is 2. The first-order chi connectivity index (χ1) is 14.9. The average molecular weight is 457 g/mol. The molecule has 3 saturated heterocycles. The van der Waals surface area contributed by atoms with E-state index in [0.717, 1.165) is 32.5 Å². The molecule has 0 aliphatic carbocycles. The van der Waals surface area contributed by atoms with Crippen molar-refractivity contribution in [3.05, 3.63) is 18.2 Å². The van der Waals surface area contributed by atoms with E-state index in [1.807, 2.05) is 4.90 Å². The van der Waals surface area contributed by atoms with Crippen LogP contribution in [0.15, 0.2) is 12.4 Å². The smallest absolute Gasteiger partial charge is 0.233 e. The molecule has 0 saturated carbocycles. The molecule has 12 heteroatoms. The molecule has 0 radical (unpaired) electrons. The third-order valence-electron chi connectivity index (χ3n) is 6.09. The van der Waals surface area contributed by atoms with E-state index >= 15 is 0 Å². The molecule has 10 nitrogen and oxygen atoms in total. The van der Waals surface area contributed by atoms with Crippen LogP contribution in [0, 0.1) is 11.7 Å². The lowest BCUT2D eigenvalue weighted by atomic mass is 9.99. The van der Waals surface area contributed by atoms with E-state index in [0.29, 0.717) is 43.6 Å². The van der Waals surface area contributed by atoms with Crippen molar-refractivity contribution in [1.82, 2.24) is 20.5 Å². The summed E-state index contributed by atoms with van der Waals surface area (Å²) in [5, 5.41) is 9.03. The lowest BCUT2D eigenvalue weighted by Gasteiger charge is -2.43. The predicted octanol–water partition coefficient (Wildman–Crippen LogP) is -1.33. The van der Waals surface area contributed by atoms with Gasteiger partial charge in [-0.25, -0.2) is 4.39 Å². The molecule has 1 amide bonds. The fourth-order valence-corrected chi connectivity index (χ4v) is 4.44. The predicted molar refractivity (Wildman–Crippen MR) is 116 cm³/mol. The molecule has 4 heterocycles. The summed E-state index contributed by atoms with van der Waals surface area (Å²) < 4.78 is 20.1.